The number of nitrogens with zero attached hydrogens (tertiary/aromatic N) is 2. The third kappa shape index (κ3) is 3.51. The quantitative estimate of drug-likeness (QED) is 0.464. The third-order valence-corrected chi connectivity index (χ3v) is 4.87. The summed E-state index contributed by atoms with van der Waals surface area (Å²) in [5.41, 5.74) is 0.884. The van der Waals surface area contributed by atoms with E-state index in [1.165, 1.54) is 15.7 Å². The molecule has 1 aromatic heterocycles. The van der Waals surface area contributed by atoms with Crippen molar-refractivity contribution in [1.29, 1.82) is 0 Å². The first-order chi connectivity index (χ1) is 12.3. The van der Waals surface area contributed by atoms with Crippen LogP contribution in [0.5, 0.6) is 5.75 Å². The van der Waals surface area contributed by atoms with Crippen LogP contribution < -0.4 is 4.74 Å². The van der Waals surface area contributed by atoms with Gasteiger partial charge in [-0.2, -0.15) is 0 Å². The molecule has 0 atom stereocenters. The summed E-state index contributed by atoms with van der Waals surface area (Å²) in [5, 5.41) is 10.8. The van der Waals surface area contributed by atoms with E-state index in [1.54, 1.807) is 18.9 Å². The lowest BCUT2D eigenvalue weighted by molar-refractivity contribution is 0.415. The summed E-state index contributed by atoms with van der Waals surface area (Å²) < 4.78 is 10.9. The average molecular weight is 348 g/mol. The molecule has 1 heterocycles. The Kier molecular flexibility index (Phi) is 4.39. The molecule has 0 amide bonds. The van der Waals surface area contributed by atoms with E-state index < -0.39 is 0 Å². The van der Waals surface area contributed by atoms with Gasteiger partial charge in [0.2, 0.25) is 11.8 Å². The number of fused-ring (bicyclic) bond motifs is 1. The molecule has 5 heteroatoms. The molecule has 0 saturated heterocycles. The van der Waals surface area contributed by atoms with Gasteiger partial charge in [0.1, 0.15) is 5.75 Å². The van der Waals surface area contributed by atoms with Gasteiger partial charge in [-0.25, -0.2) is 0 Å². The van der Waals surface area contributed by atoms with Crippen molar-refractivity contribution in [2.75, 3.05) is 7.11 Å². The Balaban J connectivity index is 1.46. The molecule has 0 aliphatic rings. The molecule has 0 saturated carbocycles. The smallest absolute Gasteiger partial charge is 0.247 e. The van der Waals surface area contributed by atoms with Crippen molar-refractivity contribution in [2.45, 2.75) is 10.6 Å². The number of thioether (sulfide) groups is 1. The first-order valence-corrected chi connectivity index (χ1v) is 8.89. The molecule has 4 aromatic rings. The Hall–Kier alpha value is -2.79. The lowest BCUT2D eigenvalue weighted by Crippen LogP contribution is -1.82. The number of benzene rings is 3. The zero-order valence-corrected chi connectivity index (χ0v) is 14.5. The summed E-state index contributed by atoms with van der Waals surface area (Å²) in [4.78, 5) is 1.18. The summed E-state index contributed by atoms with van der Waals surface area (Å²) >= 11 is 1.69. The zero-order chi connectivity index (χ0) is 17.1. The Morgan fingerprint density at radius 2 is 1.72 bits per heavy atom. The minimum absolute atomic E-state index is 0.525. The number of ether oxygens (including phenoxy) is 1. The summed E-state index contributed by atoms with van der Waals surface area (Å²) in [5.74, 6) is 2.58. The topological polar surface area (TPSA) is 48.2 Å². The van der Waals surface area contributed by atoms with Crippen molar-refractivity contribution in [2.24, 2.45) is 0 Å². The molecular weight excluding hydrogens is 332 g/mol. The second-order valence-electron chi connectivity index (χ2n) is 5.53. The third-order valence-electron chi connectivity index (χ3n) is 3.89. The highest BCUT2D eigenvalue weighted by molar-refractivity contribution is 7.98. The van der Waals surface area contributed by atoms with Crippen molar-refractivity contribution in [1.82, 2.24) is 10.2 Å². The van der Waals surface area contributed by atoms with E-state index in [2.05, 4.69) is 46.6 Å². The lowest BCUT2D eigenvalue weighted by atomic mass is 10.1. The minimum Gasteiger partial charge on any atom is -0.497 e. The van der Waals surface area contributed by atoms with Gasteiger partial charge in [0.15, 0.2) is 0 Å². The molecule has 0 bridgehead atoms. The van der Waals surface area contributed by atoms with E-state index in [0.717, 1.165) is 11.3 Å². The Morgan fingerprint density at radius 1 is 0.920 bits per heavy atom. The van der Waals surface area contributed by atoms with Gasteiger partial charge in [-0.1, -0.05) is 30.3 Å². The fourth-order valence-electron chi connectivity index (χ4n) is 2.56. The van der Waals surface area contributed by atoms with Crippen molar-refractivity contribution in [3.63, 3.8) is 0 Å². The molecule has 0 aliphatic heterocycles. The molecule has 3 aromatic carbocycles. The van der Waals surface area contributed by atoms with Crippen molar-refractivity contribution < 1.29 is 9.15 Å². The van der Waals surface area contributed by atoms with E-state index >= 15 is 0 Å². The van der Waals surface area contributed by atoms with Gasteiger partial charge in [-0.05, 0) is 47.2 Å². The van der Waals surface area contributed by atoms with E-state index in [0.29, 0.717) is 17.5 Å². The van der Waals surface area contributed by atoms with Crippen LogP contribution >= 0.6 is 11.8 Å². The van der Waals surface area contributed by atoms with Crippen LogP contribution in [0, 0.1) is 0 Å². The van der Waals surface area contributed by atoms with Gasteiger partial charge in [0.25, 0.3) is 0 Å². The van der Waals surface area contributed by atoms with Crippen LogP contribution in [0.2, 0.25) is 0 Å². The second kappa shape index (κ2) is 6.99. The zero-order valence-electron chi connectivity index (χ0n) is 13.7. The summed E-state index contributed by atoms with van der Waals surface area (Å²) in [6, 6.07) is 22.3. The minimum atomic E-state index is 0.525. The number of methoxy groups -OCH3 is 1. The molecule has 124 valence electrons. The largest absolute Gasteiger partial charge is 0.497 e. The Morgan fingerprint density at radius 3 is 2.52 bits per heavy atom. The van der Waals surface area contributed by atoms with Crippen LogP contribution in [0.1, 0.15) is 5.89 Å². The molecule has 4 nitrogen and oxygen atoms in total. The van der Waals surface area contributed by atoms with Crippen LogP contribution in [0.15, 0.2) is 76.0 Å². The first kappa shape index (κ1) is 15.7. The molecule has 0 N–H and O–H groups in total. The summed E-state index contributed by atoms with van der Waals surface area (Å²) in [7, 11) is 1.64. The van der Waals surface area contributed by atoms with Crippen LogP contribution in [0.3, 0.4) is 0 Å². The maximum atomic E-state index is 5.77. The first-order valence-electron chi connectivity index (χ1n) is 7.90. The van der Waals surface area contributed by atoms with Crippen LogP contribution in [-0.4, -0.2) is 17.3 Å². The van der Waals surface area contributed by atoms with E-state index in [9.17, 15) is 0 Å². The van der Waals surface area contributed by atoms with E-state index in [-0.39, 0.29) is 0 Å². The van der Waals surface area contributed by atoms with Crippen LogP contribution in [0.4, 0.5) is 0 Å². The van der Waals surface area contributed by atoms with Gasteiger partial charge in [0.05, 0.1) is 12.9 Å². The van der Waals surface area contributed by atoms with Gasteiger partial charge >= 0.3 is 0 Å². The lowest BCUT2D eigenvalue weighted by Gasteiger charge is -2.02. The fraction of sp³-hybridized carbons (Fsp3) is 0.100. The number of hydrogen-bond donors (Lipinski definition) is 0. The second-order valence-corrected chi connectivity index (χ2v) is 6.58. The molecule has 0 spiro atoms. The van der Waals surface area contributed by atoms with Gasteiger partial charge in [-0.3, -0.25) is 0 Å². The molecule has 4 rings (SSSR count). The van der Waals surface area contributed by atoms with Crippen molar-refractivity contribution in [3.05, 3.63) is 72.6 Å². The molecular formula is C20H16N2O2S. The Labute approximate surface area is 149 Å². The summed E-state index contributed by atoms with van der Waals surface area (Å²) in [6.45, 7) is 0. The van der Waals surface area contributed by atoms with E-state index in [4.69, 9.17) is 9.15 Å². The van der Waals surface area contributed by atoms with Crippen molar-refractivity contribution >= 4 is 22.5 Å². The summed E-state index contributed by atoms with van der Waals surface area (Å²) in [6.07, 6.45) is 0. The monoisotopic (exact) mass is 348 g/mol. The molecule has 0 radical (unpaired) electrons. The maximum Gasteiger partial charge on any atom is 0.247 e. The predicted octanol–water partition coefficient (Wildman–Crippen LogP) is 5.19. The highest BCUT2D eigenvalue weighted by atomic mass is 32.2. The Bertz CT molecular complexity index is 996. The normalized spacial score (nSPS) is 10.9. The number of hydrogen-bond acceptors (Lipinski definition) is 5. The van der Waals surface area contributed by atoms with Crippen molar-refractivity contribution in [3.8, 4) is 17.2 Å². The fourth-order valence-corrected chi connectivity index (χ4v) is 3.35. The standard InChI is InChI=1S/C20H16N2O2S/c1-23-17-9-6-15(7-10-17)20-22-21-19(24-20)13-25-18-11-8-14-4-2-3-5-16(14)12-18/h2-12H,13H2,1H3. The maximum absolute atomic E-state index is 5.77. The average Bonchev–Trinajstić information content (AvgIpc) is 3.15. The molecule has 25 heavy (non-hydrogen) atoms. The van der Waals surface area contributed by atoms with Crippen LogP contribution in [-0.2, 0) is 5.75 Å². The van der Waals surface area contributed by atoms with Crippen LogP contribution in [0.25, 0.3) is 22.2 Å². The molecule has 0 aliphatic carbocycles. The highest BCUT2D eigenvalue weighted by Crippen LogP contribution is 2.27. The van der Waals surface area contributed by atoms with Gasteiger partial charge in [-0.15, -0.1) is 22.0 Å². The molecule has 0 unspecified atom stereocenters. The predicted molar refractivity (Wildman–Crippen MR) is 99.8 cm³/mol. The SMILES string of the molecule is COc1ccc(-c2nnc(CSc3ccc4ccccc4c3)o2)cc1. The van der Waals surface area contributed by atoms with E-state index in [1.807, 2.05) is 30.3 Å². The number of rotatable bonds is 5. The van der Waals surface area contributed by atoms with Gasteiger partial charge < -0.3 is 9.15 Å². The molecule has 0 fully saturated rings. The number of aromatic nitrogens is 2. The highest BCUT2D eigenvalue weighted by Gasteiger charge is 2.09. The van der Waals surface area contributed by atoms with Gasteiger partial charge in [0, 0.05) is 10.5 Å².